The fourth-order valence-electron chi connectivity index (χ4n) is 3.04. The monoisotopic (exact) mass is 435 g/mol. The summed E-state index contributed by atoms with van der Waals surface area (Å²) >= 11 is 13.7. The van der Waals surface area contributed by atoms with Gasteiger partial charge in [0.25, 0.3) is 0 Å². The van der Waals surface area contributed by atoms with Gasteiger partial charge in [0.15, 0.2) is 17.1 Å². The Kier molecular flexibility index (Phi) is 6.91. The van der Waals surface area contributed by atoms with E-state index in [4.69, 9.17) is 27.9 Å². The maximum atomic E-state index is 6.14. The molecule has 0 aliphatic heterocycles. The first kappa shape index (κ1) is 21.0. The summed E-state index contributed by atoms with van der Waals surface area (Å²) in [5.41, 5.74) is 3.44. The van der Waals surface area contributed by atoms with Crippen molar-refractivity contribution in [2.45, 2.75) is 51.3 Å². The number of aryl methyl sites for hydroxylation is 2. The van der Waals surface area contributed by atoms with Crippen LogP contribution in [0.1, 0.15) is 42.5 Å². The third kappa shape index (κ3) is 5.02. The second-order valence-electron chi connectivity index (χ2n) is 6.71. The molecule has 0 amide bonds. The minimum atomic E-state index is -0.201. The predicted molar refractivity (Wildman–Crippen MR) is 117 cm³/mol. The van der Waals surface area contributed by atoms with E-state index in [1.54, 1.807) is 11.8 Å². The van der Waals surface area contributed by atoms with E-state index in [2.05, 4.69) is 41.6 Å². The van der Waals surface area contributed by atoms with Crippen LogP contribution >= 0.6 is 35.0 Å². The second kappa shape index (κ2) is 9.21. The minimum Gasteiger partial charge on any atom is -0.483 e. The number of ether oxygens (including phenoxy) is 1. The van der Waals surface area contributed by atoms with Crippen LogP contribution < -0.4 is 4.74 Å². The average Bonchev–Trinajstić information content (AvgIpc) is 3.05. The van der Waals surface area contributed by atoms with E-state index in [9.17, 15) is 0 Å². The first-order valence-corrected chi connectivity index (χ1v) is 10.9. The number of aromatic nitrogens is 3. The van der Waals surface area contributed by atoms with Crippen LogP contribution in [0.2, 0.25) is 10.0 Å². The molecule has 0 saturated heterocycles. The molecule has 1 heterocycles. The van der Waals surface area contributed by atoms with Gasteiger partial charge in [-0.2, -0.15) is 0 Å². The van der Waals surface area contributed by atoms with Crippen molar-refractivity contribution in [2.24, 2.45) is 0 Å². The highest BCUT2D eigenvalue weighted by atomic mass is 35.5. The van der Waals surface area contributed by atoms with E-state index in [0.29, 0.717) is 10.0 Å². The van der Waals surface area contributed by atoms with E-state index in [-0.39, 0.29) is 6.10 Å². The SMILES string of the molecule is CCn1c(SCc2ccc(Cl)c(Cl)c2)nnc1C(C)Oc1cc(C)cc(C)c1. The van der Waals surface area contributed by atoms with Gasteiger partial charge in [0.05, 0.1) is 10.0 Å². The molecular formula is C21H23Cl2N3OS. The lowest BCUT2D eigenvalue weighted by Crippen LogP contribution is -2.12. The molecule has 0 fully saturated rings. The fourth-order valence-corrected chi connectivity index (χ4v) is 4.31. The molecule has 0 bridgehead atoms. The molecule has 0 aliphatic carbocycles. The van der Waals surface area contributed by atoms with Crippen molar-refractivity contribution in [1.29, 1.82) is 0 Å². The summed E-state index contributed by atoms with van der Waals surface area (Å²) in [6, 6.07) is 11.9. The van der Waals surface area contributed by atoms with Crippen LogP contribution in [0.3, 0.4) is 0 Å². The highest BCUT2D eigenvalue weighted by molar-refractivity contribution is 7.98. The molecule has 0 saturated carbocycles. The van der Waals surface area contributed by atoms with Gasteiger partial charge in [0.1, 0.15) is 5.75 Å². The van der Waals surface area contributed by atoms with Crippen LogP contribution in [0.4, 0.5) is 0 Å². The second-order valence-corrected chi connectivity index (χ2v) is 8.46. The molecule has 3 aromatic rings. The Balaban J connectivity index is 1.74. The van der Waals surface area contributed by atoms with Gasteiger partial charge in [0.2, 0.25) is 0 Å². The molecule has 0 N–H and O–H groups in total. The van der Waals surface area contributed by atoms with Crippen LogP contribution in [0.25, 0.3) is 0 Å². The van der Waals surface area contributed by atoms with Crippen molar-refractivity contribution >= 4 is 35.0 Å². The zero-order chi connectivity index (χ0) is 20.3. The number of rotatable bonds is 7. The predicted octanol–water partition coefficient (Wildman–Crippen LogP) is 6.65. The molecule has 7 heteroatoms. The number of hydrogen-bond donors (Lipinski definition) is 0. The summed E-state index contributed by atoms with van der Waals surface area (Å²) in [5.74, 6) is 2.40. The van der Waals surface area contributed by atoms with Crippen LogP contribution in [-0.4, -0.2) is 14.8 Å². The Hall–Kier alpha value is -1.69. The molecule has 0 aliphatic rings. The van der Waals surface area contributed by atoms with Gasteiger partial charge in [-0.25, -0.2) is 0 Å². The topological polar surface area (TPSA) is 39.9 Å². The van der Waals surface area contributed by atoms with Gasteiger partial charge in [-0.15, -0.1) is 10.2 Å². The molecule has 2 aromatic carbocycles. The number of nitrogens with zero attached hydrogens (tertiary/aromatic N) is 3. The summed E-state index contributed by atoms with van der Waals surface area (Å²) in [6.07, 6.45) is -0.201. The molecule has 3 rings (SSSR count). The number of benzene rings is 2. The van der Waals surface area contributed by atoms with Crippen LogP contribution in [0.5, 0.6) is 5.75 Å². The summed E-state index contributed by atoms with van der Waals surface area (Å²) in [5, 5.41) is 10.8. The van der Waals surface area contributed by atoms with Gasteiger partial charge in [-0.3, -0.25) is 0 Å². The van der Waals surface area contributed by atoms with Gasteiger partial charge >= 0.3 is 0 Å². The molecule has 148 valence electrons. The largest absolute Gasteiger partial charge is 0.483 e. The average molecular weight is 436 g/mol. The maximum absolute atomic E-state index is 6.14. The summed E-state index contributed by atoms with van der Waals surface area (Å²) in [4.78, 5) is 0. The smallest absolute Gasteiger partial charge is 0.191 e. The van der Waals surface area contributed by atoms with Crippen molar-refractivity contribution in [2.75, 3.05) is 0 Å². The van der Waals surface area contributed by atoms with E-state index < -0.39 is 0 Å². The number of thioether (sulfide) groups is 1. The Bertz CT molecular complexity index is 954. The summed E-state index contributed by atoms with van der Waals surface area (Å²) in [7, 11) is 0. The molecule has 0 spiro atoms. The third-order valence-electron chi connectivity index (χ3n) is 4.29. The highest BCUT2D eigenvalue weighted by Gasteiger charge is 2.19. The lowest BCUT2D eigenvalue weighted by atomic mass is 10.1. The first-order valence-electron chi connectivity index (χ1n) is 9.12. The van der Waals surface area contributed by atoms with Gasteiger partial charge in [0, 0.05) is 12.3 Å². The minimum absolute atomic E-state index is 0.201. The highest BCUT2D eigenvalue weighted by Crippen LogP contribution is 2.29. The van der Waals surface area contributed by atoms with Crippen LogP contribution in [-0.2, 0) is 12.3 Å². The van der Waals surface area contributed by atoms with Gasteiger partial charge < -0.3 is 9.30 Å². The van der Waals surface area contributed by atoms with Gasteiger partial charge in [-0.05, 0) is 68.7 Å². The van der Waals surface area contributed by atoms with Crippen LogP contribution in [0, 0.1) is 13.8 Å². The lowest BCUT2D eigenvalue weighted by Gasteiger charge is -2.16. The summed E-state index contributed by atoms with van der Waals surface area (Å²) in [6.45, 7) is 8.99. The lowest BCUT2D eigenvalue weighted by molar-refractivity contribution is 0.209. The quantitative estimate of drug-likeness (QED) is 0.389. The van der Waals surface area contributed by atoms with Crippen LogP contribution in [0.15, 0.2) is 41.6 Å². The summed E-state index contributed by atoms with van der Waals surface area (Å²) < 4.78 is 8.24. The van der Waals surface area contributed by atoms with E-state index in [0.717, 1.165) is 34.6 Å². The van der Waals surface area contributed by atoms with Crippen molar-refractivity contribution in [1.82, 2.24) is 14.8 Å². The maximum Gasteiger partial charge on any atom is 0.191 e. The zero-order valence-corrected chi connectivity index (χ0v) is 18.7. The van der Waals surface area contributed by atoms with Crippen molar-refractivity contribution in [3.8, 4) is 5.75 Å². The molecule has 1 aromatic heterocycles. The Morgan fingerprint density at radius 2 is 1.75 bits per heavy atom. The molecular weight excluding hydrogens is 413 g/mol. The Labute approximate surface area is 180 Å². The van der Waals surface area contributed by atoms with E-state index >= 15 is 0 Å². The normalized spacial score (nSPS) is 12.2. The van der Waals surface area contributed by atoms with Crippen molar-refractivity contribution in [3.63, 3.8) is 0 Å². The molecule has 4 nitrogen and oxygen atoms in total. The standard InChI is InChI=1S/C21H23Cl2N3OS/c1-5-26-20(15(4)27-17-9-13(2)8-14(3)10-17)24-25-21(26)28-12-16-6-7-18(22)19(23)11-16/h6-11,15H,5,12H2,1-4H3. The molecule has 1 atom stereocenters. The Morgan fingerprint density at radius 3 is 2.39 bits per heavy atom. The van der Waals surface area contributed by atoms with Gasteiger partial charge in [-0.1, -0.05) is 47.1 Å². The van der Waals surface area contributed by atoms with Crippen molar-refractivity contribution < 1.29 is 4.74 Å². The third-order valence-corrected chi connectivity index (χ3v) is 6.06. The first-order chi connectivity index (χ1) is 13.4. The fraction of sp³-hybridized carbons (Fsp3) is 0.333. The Morgan fingerprint density at radius 1 is 1.04 bits per heavy atom. The van der Waals surface area contributed by atoms with E-state index in [1.165, 1.54) is 11.1 Å². The number of hydrogen-bond acceptors (Lipinski definition) is 4. The molecule has 28 heavy (non-hydrogen) atoms. The zero-order valence-electron chi connectivity index (χ0n) is 16.4. The number of halogens is 2. The van der Waals surface area contributed by atoms with Crippen molar-refractivity contribution in [3.05, 3.63) is 69.0 Å². The van der Waals surface area contributed by atoms with E-state index in [1.807, 2.05) is 37.3 Å². The molecule has 1 unspecified atom stereocenters. The molecule has 0 radical (unpaired) electrons.